The average Bonchev–Trinajstić information content (AvgIpc) is 2.38. The molecule has 0 saturated carbocycles. The van der Waals surface area contributed by atoms with Crippen molar-refractivity contribution in [1.82, 2.24) is 9.97 Å². The van der Waals surface area contributed by atoms with Crippen molar-refractivity contribution in [1.29, 1.82) is 0 Å². The number of rotatable bonds is 3. The molecule has 2 rings (SSSR count). The van der Waals surface area contributed by atoms with Crippen LogP contribution in [0.15, 0.2) is 30.5 Å². The van der Waals surface area contributed by atoms with E-state index >= 15 is 0 Å². The quantitative estimate of drug-likeness (QED) is 0.897. The first kappa shape index (κ1) is 13.1. The molecule has 1 heterocycles. The Labute approximate surface area is 107 Å². The number of hydrogen-bond donors (Lipinski definition) is 2. The van der Waals surface area contributed by atoms with Gasteiger partial charge >= 0.3 is 6.18 Å². The molecule has 0 amide bonds. The predicted octanol–water partition coefficient (Wildman–Crippen LogP) is 3.08. The number of benzene rings is 1. The van der Waals surface area contributed by atoms with Crippen LogP contribution in [0.2, 0.25) is 0 Å². The highest BCUT2D eigenvalue weighted by Crippen LogP contribution is 2.33. The molecule has 4 nitrogen and oxygen atoms in total. The van der Waals surface area contributed by atoms with E-state index < -0.39 is 11.7 Å². The molecule has 0 aliphatic heterocycles. The molecule has 99 valence electrons. The Hall–Kier alpha value is -2.31. The number of nitrogens with zero attached hydrogens (tertiary/aromatic N) is 2. The van der Waals surface area contributed by atoms with Gasteiger partial charge in [-0.05, 0) is 6.07 Å². The van der Waals surface area contributed by atoms with E-state index in [2.05, 4.69) is 26.7 Å². The van der Waals surface area contributed by atoms with E-state index in [9.17, 15) is 13.2 Å². The first-order valence-corrected chi connectivity index (χ1v) is 5.36. The fraction of sp³-hybridized carbons (Fsp3) is 0.167. The molecular formula is C12H10F3N4. The van der Waals surface area contributed by atoms with Crippen molar-refractivity contribution in [3.8, 4) is 0 Å². The van der Waals surface area contributed by atoms with Crippen LogP contribution < -0.4 is 10.6 Å². The number of aromatic nitrogens is 2. The lowest BCUT2D eigenvalue weighted by Crippen LogP contribution is -2.12. The lowest BCUT2D eigenvalue weighted by molar-refractivity contribution is -0.137. The van der Waals surface area contributed by atoms with Crippen LogP contribution in [0.25, 0.3) is 0 Å². The van der Waals surface area contributed by atoms with Crippen LogP contribution in [-0.4, -0.2) is 17.0 Å². The van der Waals surface area contributed by atoms with Crippen LogP contribution in [0, 0.1) is 6.07 Å². The number of halogens is 3. The van der Waals surface area contributed by atoms with Crippen LogP contribution in [0.3, 0.4) is 0 Å². The Kier molecular flexibility index (Phi) is 3.55. The predicted molar refractivity (Wildman–Crippen MR) is 65.1 cm³/mol. The second kappa shape index (κ2) is 5.13. The minimum Gasteiger partial charge on any atom is -0.372 e. The topological polar surface area (TPSA) is 49.8 Å². The molecule has 0 atom stereocenters. The summed E-state index contributed by atoms with van der Waals surface area (Å²) in [4.78, 5) is 7.43. The van der Waals surface area contributed by atoms with Crippen molar-refractivity contribution in [3.05, 3.63) is 42.1 Å². The molecule has 2 aromatic rings. The average molecular weight is 267 g/mol. The Bertz CT molecular complexity index is 555. The molecule has 0 fully saturated rings. The zero-order chi connectivity index (χ0) is 13.9. The Balaban J connectivity index is 2.30. The van der Waals surface area contributed by atoms with E-state index in [4.69, 9.17) is 0 Å². The maximum atomic E-state index is 12.6. The molecule has 1 aromatic heterocycles. The summed E-state index contributed by atoms with van der Waals surface area (Å²) in [6.45, 7) is 0. The highest BCUT2D eigenvalue weighted by atomic mass is 19.4. The van der Waals surface area contributed by atoms with Crippen LogP contribution in [0.1, 0.15) is 5.56 Å². The third-order valence-electron chi connectivity index (χ3n) is 2.29. The Morgan fingerprint density at radius 2 is 2.05 bits per heavy atom. The summed E-state index contributed by atoms with van der Waals surface area (Å²) in [6.07, 6.45) is -3.75. The maximum absolute atomic E-state index is 12.6. The first-order chi connectivity index (χ1) is 9.00. The van der Waals surface area contributed by atoms with Gasteiger partial charge in [-0.3, -0.25) is 0 Å². The normalized spacial score (nSPS) is 11.2. The molecule has 0 unspecified atom stereocenters. The number of para-hydroxylation sites is 1. The van der Waals surface area contributed by atoms with Gasteiger partial charge in [0, 0.05) is 25.0 Å². The lowest BCUT2D eigenvalue weighted by atomic mass is 10.3. The van der Waals surface area contributed by atoms with Crippen LogP contribution in [-0.2, 0) is 6.18 Å². The minimum absolute atomic E-state index is 0.0693. The van der Waals surface area contributed by atoms with Gasteiger partial charge in [0.2, 0.25) is 5.95 Å². The molecule has 0 spiro atoms. The Morgan fingerprint density at radius 1 is 1.26 bits per heavy atom. The van der Waals surface area contributed by atoms with E-state index in [0.29, 0.717) is 5.69 Å². The largest absolute Gasteiger partial charge is 0.421 e. The monoisotopic (exact) mass is 267 g/mol. The molecule has 0 aliphatic rings. The van der Waals surface area contributed by atoms with Crippen LogP contribution in [0.5, 0.6) is 0 Å². The van der Waals surface area contributed by atoms with Gasteiger partial charge in [-0.2, -0.15) is 18.2 Å². The van der Waals surface area contributed by atoms with Crippen molar-refractivity contribution in [2.45, 2.75) is 6.18 Å². The maximum Gasteiger partial charge on any atom is 0.421 e. The molecule has 1 radical (unpaired) electrons. The van der Waals surface area contributed by atoms with Crippen molar-refractivity contribution >= 4 is 17.5 Å². The summed E-state index contributed by atoms with van der Waals surface area (Å²) in [7, 11) is 1.37. The highest BCUT2D eigenvalue weighted by Gasteiger charge is 2.34. The molecule has 19 heavy (non-hydrogen) atoms. The van der Waals surface area contributed by atoms with Gasteiger partial charge in [-0.15, -0.1) is 0 Å². The lowest BCUT2D eigenvalue weighted by Gasteiger charge is -2.12. The smallest absolute Gasteiger partial charge is 0.372 e. The van der Waals surface area contributed by atoms with E-state index in [-0.39, 0.29) is 11.8 Å². The van der Waals surface area contributed by atoms with E-state index in [1.165, 1.54) is 7.05 Å². The second-order valence-electron chi connectivity index (χ2n) is 3.60. The third kappa shape index (κ3) is 3.12. The van der Waals surface area contributed by atoms with Crippen molar-refractivity contribution in [2.75, 3.05) is 17.7 Å². The fourth-order valence-electron chi connectivity index (χ4n) is 1.43. The van der Waals surface area contributed by atoms with E-state index in [1.54, 1.807) is 24.3 Å². The number of nitrogens with one attached hydrogen (secondary N) is 2. The minimum atomic E-state index is -4.49. The summed E-state index contributed by atoms with van der Waals surface area (Å²) < 4.78 is 37.9. The molecule has 2 N–H and O–H groups in total. The van der Waals surface area contributed by atoms with Gasteiger partial charge in [0.05, 0.1) is 0 Å². The standard InChI is InChI=1S/C12H10F3N4/c1-16-10-9(12(13,14)15)7-17-11(19-10)18-8-5-3-2-4-6-8/h2-5,7H,1H3,(H2,16,17,18,19). The zero-order valence-corrected chi connectivity index (χ0v) is 9.92. The van der Waals surface area contributed by atoms with E-state index in [0.717, 1.165) is 6.20 Å². The fourth-order valence-corrected chi connectivity index (χ4v) is 1.43. The molecule has 0 bridgehead atoms. The number of alkyl halides is 3. The number of hydrogen-bond acceptors (Lipinski definition) is 4. The third-order valence-corrected chi connectivity index (χ3v) is 2.29. The molecule has 1 aromatic carbocycles. The van der Waals surface area contributed by atoms with E-state index in [1.807, 2.05) is 0 Å². The van der Waals surface area contributed by atoms with Gasteiger partial charge < -0.3 is 10.6 Å². The van der Waals surface area contributed by atoms with Gasteiger partial charge in [0.1, 0.15) is 11.4 Å². The summed E-state index contributed by atoms with van der Waals surface area (Å²) in [5.41, 5.74) is -0.332. The van der Waals surface area contributed by atoms with Crippen molar-refractivity contribution in [3.63, 3.8) is 0 Å². The number of anilines is 3. The summed E-state index contributed by atoms with van der Waals surface area (Å²) in [6, 6.07) is 9.79. The summed E-state index contributed by atoms with van der Waals surface area (Å²) in [5.74, 6) is -0.208. The second-order valence-corrected chi connectivity index (χ2v) is 3.60. The SMILES string of the molecule is CNc1nc(Nc2[c]cccc2)ncc1C(F)(F)F. The molecule has 0 aliphatic carbocycles. The summed E-state index contributed by atoms with van der Waals surface area (Å²) in [5, 5.41) is 5.18. The van der Waals surface area contributed by atoms with Crippen LogP contribution in [0.4, 0.5) is 30.6 Å². The Morgan fingerprint density at radius 3 is 2.63 bits per heavy atom. The molecular weight excluding hydrogens is 257 g/mol. The first-order valence-electron chi connectivity index (χ1n) is 5.36. The highest BCUT2D eigenvalue weighted by molar-refractivity contribution is 5.55. The van der Waals surface area contributed by atoms with Gasteiger partial charge in [-0.1, -0.05) is 18.2 Å². The molecule has 0 saturated heterocycles. The van der Waals surface area contributed by atoms with Crippen LogP contribution >= 0.6 is 0 Å². The van der Waals surface area contributed by atoms with Gasteiger partial charge in [0.25, 0.3) is 0 Å². The van der Waals surface area contributed by atoms with Gasteiger partial charge in [0.15, 0.2) is 0 Å². The van der Waals surface area contributed by atoms with Crippen molar-refractivity contribution in [2.24, 2.45) is 0 Å². The van der Waals surface area contributed by atoms with Crippen molar-refractivity contribution < 1.29 is 13.2 Å². The summed E-state index contributed by atoms with van der Waals surface area (Å²) >= 11 is 0. The molecule has 7 heteroatoms. The zero-order valence-electron chi connectivity index (χ0n) is 9.92. The van der Waals surface area contributed by atoms with Gasteiger partial charge in [-0.25, -0.2) is 4.98 Å².